The van der Waals surface area contributed by atoms with Crippen LogP contribution in [-0.2, 0) is 23.8 Å². The van der Waals surface area contributed by atoms with E-state index >= 15 is 0 Å². The smallest absolute Gasteiger partial charge is 0.406 e. The highest BCUT2D eigenvalue weighted by molar-refractivity contribution is 5.79. The molecule has 10 heteroatoms. The van der Waals surface area contributed by atoms with Crippen molar-refractivity contribution >= 4 is 6.21 Å². The van der Waals surface area contributed by atoms with Crippen molar-refractivity contribution in [1.82, 2.24) is 0 Å². The average Bonchev–Trinajstić information content (AvgIpc) is 2.84. The fourth-order valence-electron chi connectivity index (χ4n) is 3.70. The van der Waals surface area contributed by atoms with Crippen LogP contribution in [0.4, 0.5) is 13.2 Å². The molecule has 3 rings (SSSR count). The highest BCUT2D eigenvalue weighted by Gasteiger charge is 2.47. The Labute approximate surface area is 208 Å². The number of ether oxygens (including phenoxy) is 5. The quantitative estimate of drug-likeness (QED) is 0.298. The zero-order chi connectivity index (χ0) is 26.1. The number of benzene rings is 2. The van der Waals surface area contributed by atoms with Gasteiger partial charge in [0.05, 0.1) is 12.3 Å². The molecule has 0 saturated carbocycles. The van der Waals surface area contributed by atoms with Crippen molar-refractivity contribution in [3.05, 3.63) is 65.2 Å². The maximum Gasteiger partial charge on any atom is 0.573 e. The Morgan fingerprint density at radius 1 is 0.917 bits per heavy atom. The molecule has 0 N–H and O–H groups in total. The number of hydrogen-bond acceptors (Lipinski definition) is 7. The summed E-state index contributed by atoms with van der Waals surface area (Å²) in [4.78, 5) is 5.58. The molecule has 5 atom stereocenters. The van der Waals surface area contributed by atoms with E-state index in [0.717, 1.165) is 11.1 Å². The van der Waals surface area contributed by atoms with Crippen molar-refractivity contribution in [2.75, 3.05) is 20.8 Å². The Hall–Kier alpha value is -3.10. The number of nitrogens with zero attached hydrogens (tertiary/aromatic N) is 1. The van der Waals surface area contributed by atoms with Crippen LogP contribution < -0.4 is 4.74 Å². The third kappa shape index (κ3) is 7.70. The number of halogens is 3. The maximum absolute atomic E-state index is 12.2. The first-order chi connectivity index (χ1) is 17.2. The first kappa shape index (κ1) is 27.5. The van der Waals surface area contributed by atoms with Crippen molar-refractivity contribution in [2.45, 2.75) is 50.9 Å². The Morgan fingerprint density at radius 2 is 1.50 bits per heavy atom. The number of hydrogen-bond donors (Lipinski definition) is 0. The van der Waals surface area contributed by atoms with Crippen molar-refractivity contribution in [1.29, 1.82) is 0 Å². The zero-order valence-corrected chi connectivity index (χ0v) is 20.3. The molecular formula is C26H28F3NO6. The lowest BCUT2D eigenvalue weighted by Gasteiger charge is -2.42. The summed E-state index contributed by atoms with van der Waals surface area (Å²) in [5.74, 6) is 5.56. The van der Waals surface area contributed by atoms with Crippen LogP contribution in [0.15, 0.2) is 53.7 Å². The van der Waals surface area contributed by atoms with Gasteiger partial charge in [-0.05, 0) is 55.8 Å². The summed E-state index contributed by atoms with van der Waals surface area (Å²) in [6, 6.07) is 12.5. The van der Waals surface area contributed by atoms with Crippen molar-refractivity contribution in [3.8, 4) is 17.6 Å². The zero-order valence-electron chi connectivity index (χ0n) is 20.3. The Bertz CT molecular complexity index is 1050. The Kier molecular flexibility index (Phi) is 9.73. The minimum Gasteiger partial charge on any atom is -0.406 e. The number of oxime groups is 1. The first-order valence-electron chi connectivity index (χ1n) is 11.2. The predicted molar refractivity (Wildman–Crippen MR) is 126 cm³/mol. The van der Waals surface area contributed by atoms with Gasteiger partial charge in [-0.15, -0.1) is 13.2 Å². The van der Waals surface area contributed by atoms with Gasteiger partial charge in [-0.3, -0.25) is 0 Å². The monoisotopic (exact) mass is 507 g/mol. The molecule has 0 amide bonds. The SMILES string of the molecule is CCO[C@@H]1[C@@H](OC)[C@H](C)O[C@@H](ON=Cc2ccc(C#Cc3ccc(OC(F)(F)F)cc3)cc2)[C@@H]1OC. The second kappa shape index (κ2) is 12.7. The lowest BCUT2D eigenvalue weighted by atomic mass is 9.99. The standard InChI is InChI=1S/C26H28F3NO6/c1-5-33-23-22(31-3)17(2)34-25(24(23)32-4)36-30-16-20-10-8-18(9-11-20)6-7-19-12-14-21(15-13-19)35-26(27,28)29/h8-17,22-25H,5H2,1-4H3/t17-,22-,23+,24+,25-/m0/s1. The molecule has 194 valence electrons. The average molecular weight is 508 g/mol. The molecule has 0 spiro atoms. The summed E-state index contributed by atoms with van der Waals surface area (Å²) >= 11 is 0. The number of methoxy groups -OCH3 is 2. The predicted octanol–water partition coefficient (Wildman–Crippen LogP) is 4.52. The van der Waals surface area contributed by atoms with Gasteiger partial charge in [0.25, 0.3) is 6.29 Å². The molecule has 36 heavy (non-hydrogen) atoms. The minimum absolute atomic E-state index is 0.288. The van der Waals surface area contributed by atoms with Gasteiger partial charge in [0.1, 0.15) is 18.0 Å². The molecule has 1 saturated heterocycles. The molecule has 1 aliphatic rings. The van der Waals surface area contributed by atoms with Gasteiger partial charge in [-0.1, -0.05) is 29.1 Å². The summed E-state index contributed by atoms with van der Waals surface area (Å²) < 4.78 is 63.4. The molecule has 0 bridgehead atoms. The normalized spacial score (nSPS) is 24.2. The molecule has 1 aliphatic heterocycles. The van der Waals surface area contributed by atoms with Gasteiger partial charge in [0.15, 0.2) is 6.10 Å². The van der Waals surface area contributed by atoms with Crippen LogP contribution in [0, 0.1) is 11.8 Å². The van der Waals surface area contributed by atoms with Gasteiger partial charge >= 0.3 is 6.36 Å². The molecule has 0 unspecified atom stereocenters. The molecule has 7 nitrogen and oxygen atoms in total. The fraction of sp³-hybridized carbons (Fsp3) is 0.423. The van der Waals surface area contributed by atoms with E-state index in [9.17, 15) is 13.2 Å². The first-order valence-corrected chi connectivity index (χ1v) is 11.2. The van der Waals surface area contributed by atoms with Crippen LogP contribution in [0.5, 0.6) is 5.75 Å². The highest BCUT2D eigenvalue weighted by atomic mass is 19.4. The van der Waals surface area contributed by atoms with E-state index in [1.165, 1.54) is 30.5 Å². The van der Waals surface area contributed by atoms with Crippen molar-refractivity contribution < 1.29 is 41.7 Å². The molecule has 1 heterocycles. The van der Waals surface area contributed by atoms with Crippen molar-refractivity contribution in [2.24, 2.45) is 5.16 Å². The van der Waals surface area contributed by atoms with Gasteiger partial charge in [0.2, 0.25) is 0 Å². The van der Waals surface area contributed by atoms with Crippen LogP contribution in [0.2, 0.25) is 0 Å². The Morgan fingerprint density at radius 3 is 2.03 bits per heavy atom. The number of rotatable bonds is 8. The second-order valence-electron chi connectivity index (χ2n) is 7.81. The molecule has 0 radical (unpaired) electrons. The molecule has 2 aromatic carbocycles. The molecular weight excluding hydrogens is 479 g/mol. The van der Waals surface area contributed by atoms with E-state index in [-0.39, 0.29) is 24.1 Å². The van der Waals surface area contributed by atoms with Gasteiger partial charge in [-0.2, -0.15) is 0 Å². The molecule has 0 aromatic heterocycles. The third-order valence-corrected chi connectivity index (χ3v) is 5.35. The van der Waals surface area contributed by atoms with Gasteiger partial charge < -0.3 is 28.5 Å². The number of alkyl halides is 3. The topological polar surface area (TPSA) is 67.7 Å². The van der Waals surface area contributed by atoms with E-state index in [1.807, 2.05) is 13.8 Å². The lowest BCUT2D eigenvalue weighted by Crippen LogP contribution is -2.59. The van der Waals surface area contributed by atoms with Gasteiger partial charge in [0, 0.05) is 32.0 Å². The lowest BCUT2D eigenvalue weighted by molar-refractivity contribution is -0.308. The molecule has 0 aliphatic carbocycles. The highest BCUT2D eigenvalue weighted by Crippen LogP contribution is 2.28. The van der Waals surface area contributed by atoms with E-state index in [0.29, 0.717) is 12.2 Å². The molecule has 1 fully saturated rings. The summed E-state index contributed by atoms with van der Waals surface area (Å²) in [5, 5.41) is 4.05. The van der Waals surface area contributed by atoms with E-state index in [1.54, 1.807) is 38.5 Å². The van der Waals surface area contributed by atoms with Crippen molar-refractivity contribution in [3.63, 3.8) is 0 Å². The minimum atomic E-state index is -4.73. The summed E-state index contributed by atoms with van der Waals surface area (Å²) in [7, 11) is 3.15. The Balaban J connectivity index is 1.59. The summed E-state index contributed by atoms with van der Waals surface area (Å²) in [5.41, 5.74) is 2.04. The van der Waals surface area contributed by atoms with Gasteiger partial charge in [-0.25, -0.2) is 0 Å². The maximum atomic E-state index is 12.2. The van der Waals surface area contributed by atoms with E-state index in [4.69, 9.17) is 23.8 Å². The van der Waals surface area contributed by atoms with Crippen LogP contribution in [-0.4, -0.2) is 64.1 Å². The summed E-state index contributed by atoms with van der Waals surface area (Å²) in [6.07, 6.45) is -5.47. The van der Waals surface area contributed by atoms with E-state index < -0.39 is 18.8 Å². The largest absolute Gasteiger partial charge is 0.573 e. The van der Waals surface area contributed by atoms with Crippen LogP contribution in [0.3, 0.4) is 0 Å². The van der Waals surface area contributed by atoms with Crippen LogP contribution in [0.25, 0.3) is 0 Å². The van der Waals surface area contributed by atoms with Crippen LogP contribution in [0.1, 0.15) is 30.5 Å². The van der Waals surface area contributed by atoms with E-state index in [2.05, 4.69) is 21.7 Å². The second-order valence-corrected chi connectivity index (χ2v) is 7.81. The van der Waals surface area contributed by atoms with Crippen LogP contribution >= 0.6 is 0 Å². The molecule has 2 aromatic rings. The fourth-order valence-corrected chi connectivity index (χ4v) is 3.70. The summed E-state index contributed by atoms with van der Waals surface area (Å²) in [6.45, 7) is 4.25. The third-order valence-electron chi connectivity index (χ3n) is 5.35.